The Morgan fingerprint density at radius 2 is 2.19 bits per heavy atom. The van der Waals surface area contributed by atoms with Crippen molar-refractivity contribution >= 4 is 43.3 Å². The van der Waals surface area contributed by atoms with Crippen molar-refractivity contribution in [2.75, 3.05) is 13.1 Å². The van der Waals surface area contributed by atoms with Crippen LogP contribution in [0.5, 0.6) is 0 Å². The van der Waals surface area contributed by atoms with Gasteiger partial charge in [-0.15, -0.1) is 0 Å². The zero-order chi connectivity index (χ0) is 12.1. The first kappa shape index (κ1) is 14.5. The predicted molar refractivity (Wildman–Crippen MR) is 77.4 cm³/mol. The van der Waals surface area contributed by atoms with E-state index in [9.17, 15) is 4.79 Å². The third-order valence-corrected chi connectivity index (χ3v) is 4.25. The second-order valence-corrected chi connectivity index (χ2v) is 5.41. The summed E-state index contributed by atoms with van der Waals surface area (Å²) in [4.78, 5) is 13.1. The Bertz CT molecular complexity index is 236. The van der Waals surface area contributed by atoms with Gasteiger partial charge in [0.05, 0.1) is 5.37 Å². The highest BCUT2D eigenvalue weighted by Crippen LogP contribution is 2.42. The lowest BCUT2D eigenvalue weighted by Gasteiger charge is -2.32. The van der Waals surface area contributed by atoms with Crippen LogP contribution >= 0.6 is 38.1 Å². The number of nitrogens with zero attached hydrogens (tertiary/aromatic N) is 1. The van der Waals surface area contributed by atoms with Crippen molar-refractivity contribution in [2.24, 2.45) is 11.8 Å². The van der Waals surface area contributed by atoms with E-state index in [1.54, 1.807) is 4.90 Å². The average Bonchev–Trinajstić information content (AvgIpc) is 3.03. The molecule has 0 aromatic rings. The molecule has 0 aromatic heterocycles. The van der Waals surface area contributed by atoms with E-state index in [0.29, 0.717) is 18.4 Å². The monoisotopic (exact) mass is 280 g/mol. The van der Waals surface area contributed by atoms with Gasteiger partial charge in [-0.1, -0.05) is 25.4 Å². The number of nitrogens with one attached hydrogen (secondary N) is 1. The molecule has 1 aliphatic carbocycles. The van der Waals surface area contributed by atoms with E-state index in [1.165, 1.54) is 12.8 Å². The summed E-state index contributed by atoms with van der Waals surface area (Å²) in [6.07, 6.45) is 3.51. The molecule has 3 nitrogen and oxygen atoms in total. The Balaban J connectivity index is 2.57. The van der Waals surface area contributed by atoms with E-state index in [-0.39, 0.29) is 10.6 Å². The van der Waals surface area contributed by atoms with Gasteiger partial charge in [-0.3, -0.25) is 9.52 Å². The molecule has 0 spiro atoms. The highest BCUT2D eigenvalue weighted by molar-refractivity contribution is 7.96. The fraction of sp³-hybridized carbons (Fsp3) is 0.900. The topological polar surface area (TPSA) is 32.3 Å². The van der Waals surface area contributed by atoms with Crippen molar-refractivity contribution in [1.82, 2.24) is 9.62 Å². The van der Waals surface area contributed by atoms with Gasteiger partial charge in [0.25, 0.3) is 5.24 Å². The van der Waals surface area contributed by atoms with Crippen LogP contribution in [0.25, 0.3) is 0 Å². The zero-order valence-corrected chi connectivity index (χ0v) is 12.1. The summed E-state index contributed by atoms with van der Waals surface area (Å²) in [5.74, 6) is 1.16. The average molecular weight is 280 g/mol. The van der Waals surface area contributed by atoms with Gasteiger partial charge in [-0.2, -0.15) is 12.6 Å². The number of hydrogen-bond acceptors (Lipinski definition) is 4. The van der Waals surface area contributed by atoms with Crippen LogP contribution < -0.4 is 4.72 Å². The molecule has 2 atom stereocenters. The summed E-state index contributed by atoms with van der Waals surface area (Å²) >= 11 is 12.5. The Hall–Kier alpha value is 0.480. The third kappa shape index (κ3) is 4.05. The van der Waals surface area contributed by atoms with E-state index in [0.717, 1.165) is 13.0 Å². The predicted octanol–water partition coefficient (Wildman–Crippen LogP) is 2.46. The van der Waals surface area contributed by atoms with Gasteiger partial charge in [-0.05, 0) is 38.0 Å². The molecule has 1 N–H and O–H groups in total. The van der Waals surface area contributed by atoms with Crippen molar-refractivity contribution in [3.63, 3.8) is 0 Å². The van der Waals surface area contributed by atoms with Crippen LogP contribution in [0.4, 0.5) is 4.79 Å². The number of hydrogen-bond donors (Lipinski definition) is 4. The second kappa shape index (κ2) is 7.03. The number of carbonyl (C=O) groups excluding carboxylic acids is 1. The van der Waals surface area contributed by atoms with Crippen molar-refractivity contribution in [1.29, 1.82) is 0 Å². The first-order chi connectivity index (χ1) is 7.61. The molecule has 94 valence electrons. The molecule has 6 heteroatoms. The van der Waals surface area contributed by atoms with Crippen LogP contribution in [-0.4, -0.2) is 28.6 Å². The number of carbonyl (C=O) groups is 1. The molecule has 0 saturated heterocycles. The summed E-state index contributed by atoms with van der Waals surface area (Å²) < 4.78 is 2.86. The molecule has 16 heavy (non-hydrogen) atoms. The molecule has 1 fully saturated rings. The van der Waals surface area contributed by atoms with Crippen LogP contribution in [-0.2, 0) is 0 Å². The van der Waals surface area contributed by atoms with Crippen molar-refractivity contribution in [2.45, 2.75) is 31.6 Å². The van der Waals surface area contributed by atoms with Crippen LogP contribution in [0.2, 0.25) is 0 Å². The minimum absolute atomic E-state index is 0.0239. The van der Waals surface area contributed by atoms with E-state index in [2.05, 4.69) is 42.8 Å². The van der Waals surface area contributed by atoms with E-state index >= 15 is 0 Å². The van der Waals surface area contributed by atoms with Crippen molar-refractivity contribution in [3.05, 3.63) is 0 Å². The van der Waals surface area contributed by atoms with Gasteiger partial charge in [0.2, 0.25) is 0 Å². The lowest BCUT2D eigenvalue weighted by molar-refractivity contribution is 0.199. The largest absolute Gasteiger partial charge is 0.322 e. The number of thiol groups is 3. The molecule has 0 heterocycles. The maximum absolute atomic E-state index is 11.3. The number of amides is 1. The Kier molecular flexibility index (Phi) is 6.39. The first-order valence-electron chi connectivity index (χ1n) is 5.66. The molecule has 0 radical (unpaired) electrons. The highest BCUT2D eigenvalue weighted by Gasteiger charge is 2.37. The Labute approximate surface area is 114 Å². The summed E-state index contributed by atoms with van der Waals surface area (Å²) in [6, 6.07) is 0. The SMILES string of the molecule is CCN(C(=O)S)C(S)C(CCNS)C1CC1. The fourth-order valence-electron chi connectivity index (χ4n) is 2.05. The molecule has 2 unspecified atom stereocenters. The summed E-state index contributed by atoms with van der Waals surface area (Å²) in [5.41, 5.74) is 0. The Morgan fingerprint density at radius 3 is 2.56 bits per heavy atom. The summed E-state index contributed by atoms with van der Waals surface area (Å²) in [6.45, 7) is 3.46. The molecule has 1 saturated carbocycles. The molecule has 0 aromatic carbocycles. The smallest absolute Gasteiger partial charge is 0.279 e. The van der Waals surface area contributed by atoms with Crippen molar-refractivity contribution in [3.8, 4) is 0 Å². The minimum atomic E-state index is -0.188. The maximum Gasteiger partial charge on any atom is 0.279 e. The van der Waals surface area contributed by atoms with Crippen LogP contribution in [0.15, 0.2) is 0 Å². The van der Waals surface area contributed by atoms with E-state index in [1.807, 2.05) is 6.92 Å². The molecule has 1 rings (SSSR count). The molecular formula is C10H20N2OS3. The lowest BCUT2D eigenvalue weighted by atomic mass is 9.98. The normalized spacial score (nSPS) is 19.2. The molecule has 0 aliphatic heterocycles. The van der Waals surface area contributed by atoms with Gasteiger partial charge in [0.1, 0.15) is 0 Å². The second-order valence-electron chi connectivity index (χ2n) is 4.18. The van der Waals surface area contributed by atoms with Crippen LogP contribution in [0, 0.1) is 11.8 Å². The summed E-state index contributed by atoms with van der Waals surface area (Å²) in [5, 5.41) is -0.212. The lowest BCUT2D eigenvalue weighted by Crippen LogP contribution is -2.40. The number of rotatable bonds is 7. The fourth-order valence-corrected chi connectivity index (χ4v) is 3.20. The third-order valence-electron chi connectivity index (χ3n) is 3.11. The van der Waals surface area contributed by atoms with Crippen molar-refractivity contribution < 1.29 is 4.79 Å². The molecule has 0 bridgehead atoms. The standard InChI is InChI=1S/C10H20N2OS3/c1-2-12(10(13)15)9(14)8(5-6-11-16)7-3-4-7/h7-9,11,14,16H,2-6H2,1H3,(H,13,15). The van der Waals surface area contributed by atoms with Gasteiger partial charge < -0.3 is 4.90 Å². The zero-order valence-electron chi connectivity index (χ0n) is 9.46. The Morgan fingerprint density at radius 1 is 1.56 bits per heavy atom. The van der Waals surface area contributed by atoms with Gasteiger partial charge >= 0.3 is 0 Å². The first-order valence-corrected chi connectivity index (χ1v) is 7.07. The maximum atomic E-state index is 11.3. The van der Waals surface area contributed by atoms with Gasteiger partial charge in [0.15, 0.2) is 0 Å². The molecular weight excluding hydrogens is 260 g/mol. The van der Waals surface area contributed by atoms with Gasteiger partial charge in [0, 0.05) is 13.1 Å². The minimum Gasteiger partial charge on any atom is -0.322 e. The quantitative estimate of drug-likeness (QED) is 0.427. The van der Waals surface area contributed by atoms with E-state index < -0.39 is 0 Å². The molecule has 1 aliphatic rings. The highest BCUT2D eigenvalue weighted by atomic mass is 32.1. The van der Waals surface area contributed by atoms with E-state index in [4.69, 9.17) is 0 Å². The molecule has 1 amide bonds. The van der Waals surface area contributed by atoms with Crippen LogP contribution in [0.3, 0.4) is 0 Å². The van der Waals surface area contributed by atoms with Crippen LogP contribution in [0.1, 0.15) is 26.2 Å². The summed E-state index contributed by atoms with van der Waals surface area (Å²) in [7, 11) is 0. The van der Waals surface area contributed by atoms with Gasteiger partial charge in [-0.25, -0.2) is 0 Å².